The minimum absolute atomic E-state index is 0.113. The highest BCUT2D eigenvalue weighted by Crippen LogP contribution is 2.14. The maximum atomic E-state index is 4.24. The first-order valence-electron chi connectivity index (χ1n) is 5.42. The second kappa shape index (κ2) is 5.25. The third-order valence-corrected chi connectivity index (χ3v) is 2.30. The van der Waals surface area contributed by atoms with Gasteiger partial charge in [0.2, 0.25) is 0 Å². The van der Waals surface area contributed by atoms with Gasteiger partial charge in [0.15, 0.2) is 0 Å². The van der Waals surface area contributed by atoms with Gasteiger partial charge in [0.25, 0.3) is 0 Å². The number of anilines is 1. The molecule has 0 saturated carbocycles. The van der Waals surface area contributed by atoms with Crippen molar-refractivity contribution in [3.05, 3.63) is 37.1 Å². The van der Waals surface area contributed by atoms with Gasteiger partial charge in [-0.1, -0.05) is 19.4 Å². The number of nitrogens with one attached hydrogen (secondary N) is 1. The third-order valence-electron chi connectivity index (χ3n) is 2.30. The first kappa shape index (κ1) is 10.6. The van der Waals surface area contributed by atoms with E-state index in [0.29, 0.717) is 0 Å². The van der Waals surface area contributed by atoms with Crippen LogP contribution in [0.4, 0.5) is 5.82 Å². The Hall–Kier alpha value is -1.91. The van der Waals surface area contributed by atoms with Crippen LogP contribution >= 0.6 is 0 Å². The van der Waals surface area contributed by atoms with Crippen LogP contribution in [0.1, 0.15) is 25.9 Å². The Morgan fingerprint density at radius 3 is 3.00 bits per heavy atom. The Morgan fingerprint density at radius 1 is 1.44 bits per heavy atom. The summed E-state index contributed by atoms with van der Waals surface area (Å²) in [5.41, 5.74) is 0. The number of pyridine rings is 1. The van der Waals surface area contributed by atoms with E-state index in [1.165, 1.54) is 0 Å². The van der Waals surface area contributed by atoms with E-state index in [1.54, 1.807) is 18.9 Å². The molecule has 1 unspecified atom stereocenters. The molecule has 0 spiro atoms. The molecule has 2 heterocycles. The predicted octanol–water partition coefficient (Wildman–Crippen LogP) is 2.08. The van der Waals surface area contributed by atoms with Crippen LogP contribution < -0.4 is 5.32 Å². The lowest BCUT2D eigenvalue weighted by atomic mass is 10.2. The number of nitrogens with zero attached hydrogens (tertiary/aromatic N) is 4. The molecule has 0 aliphatic heterocycles. The molecule has 0 fully saturated rings. The Labute approximate surface area is 94.5 Å². The van der Waals surface area contributed by atoms with Gasteiger partial charge in [-0.05, 0) is 18.6 Å². The van der Waals surface area contributed by atoms with E-state index in [4.69, 9.17) is 0 Å². The van der Waals surface area contributed by atoms with E-state index < -0.39 is 0 Å². The van der Waals surface area contributed by atoms with Gasteiger partial charge in [-0.2, -0.15) is 5.10 Å². The van der Waals surface area contributed by atoms with Crippen LogP contribution in [-0.2, 0) is 0 Å². The zero-order valence-electron chi connectivity index (χ0n) is 9.24. The molecule has 0 saturated heterocycles. The smallest absolute Gasteiger partial charge is 0.137 e. The van der Waals surface area contributed by atoms with Crippen LogP contribution in [0.3, 0.4) is 0 Å². The molecule has 0 aliphatic rings. The van der Waals surface area contributed by atoms with Gasteiger partial charge < -0.3 is 5.32 Å². The molecule has 0 amide bonds. The van der Waals surface area contributed by atoms with Crippen molar-refractivity contribution >= 4 is 5.82 Å². The van der Waals surface area contributed by atoms with Gasteiger partial charge in [0, 0.05) is 6.20 Å². The van der Waals surface area contributed by atoms with E-state index >= 15 is 0 Å². The molecule has 2 rings (SSSR count). The lowest BCUT2D eigenvalue weighted by molar-refractivity contribution is 0.464. The summed E-state index contributed by atoms with van der Waals surface area (Å²) in [6.45, 7) is 2.14. The molecule has 2 aromatic heterocycles. The van der Waals surface area contributed by atoms with Crippen LogP contribution in [0.2, 0.25) is 0 Å². The maximum absolute atomic E-state index is 4.24. The minimum Gasteiger partial charge on any atom is -0.348 e. The molecule has 0 radical (unpaired) electrons. The molecule has 1 N–H and O–H groups in total. The summed E-state index contributed by atoms with van der Waals surface area (Å²) in [6.07, 6.45) is 7.21. The lowest BCUT2D eigenvalue weighted by Gasteiger charge is -2.18. The Kier molecular flexibility index (Phi) is 3.48. The number of hydrogen-bond donors (Lipinski definition) is 1. The number of aromatic nitrogens is 4. The molecule has 0 aromatic carbocycles. The predicted molar refractivity (Wildman–Crippen MR) is 61.8 cm³/mol. The van der Waals surface area contributed by atoms with E-state index in [-0.39, 0.29) is 6.17 Å². The summed E-state index contributed by atoms with van der Waals surface area (Å²) in [4.78, 5) is 8.20. The fourth-order valence-electron chi connectivity index (χ4n) is 1.54. The van der Waals surface area contributed by atoms with Crippen LogP contribution in [-0.4, -0.2) is 19.7 Å². The monoisotopic (exact) mass is 217 g/mol. The van der Waals surface area contributed by atoms with E-state index in [1.807, 2.05) is 22.9 Å². The van der Waals surface area contributed by atoms with Gasteiger partial charge >= 0.3 is 0 Å². The summed E-state index contributed by atoms with van der Waals surface area (Å²) in [5, 5.41) is 7.48. The quantitative estimate of drug-likeness (QED) is 0.833. The maximum Gasteiger partial charge on any atom is 0.137 e. The largest absolute Gasteiger partial charge is 0.348 e. The summed E-state index contributed by atoms with van der Waals surface area (Å²) >= 11 is 0. The highest BCUT2D eigenvalue weighted by atomic mass is 15.4. The fraction of sp³-hybridized carbons (Fsp3) is 0.364. The summed E-state index contributed by atoms with van der Waals surface area (Å²) in [7, 11) is 0. The van der Waals surface area contributed by atoms with E-state index in [2.05, 4.69) is 27.3 Å². The average Bonchev–Trinajstić information content (AvgIpc) is 2.83. The number of hydrogen-bond acceptors (Lipinski definition) is 4. The van der Waals surface area contributed by atoms with Crippen LogP contribution in [0.25, 0.3) is 0 Å². The van der Waals surface area contributed by atoms with Crippen molar-refractivity contribution in [3.8, 4) is 0 Å². The summed E-state index contributed by atoms with van der Waals surface area (Å²) in [6, 6.07) is 5.80. The molecule has 5 heteroatoms. The SMILES string of the molecule is CCCC(Nc1ccccn1)n1cncn1. The van der Waals surface area contributed by atoms with Crippen molar-refractivity contribution < 1.29 is 0 Å². The molecular weight excluding hydrogens is 202 g/mol. The minimum atomic E-state index is 0.113. The average molecular weight is 217 g/mol. The molecule has 0 aliphatic carbocycles. The van der Waals surface area contributed by atoms with Gasteiger partial charge in [-0.25, -0.2) is 14.6 Å². The first-order valence-corrected chi connectivity index (χ1v) is 5.42. The molecule has 84 valence electrons. The zero-order chi connectivity index (χ0) is 11.2. The van der Waals surface area contributed by atoms with Gasteiger partial charge in [-0.3, -0.25) is 0 Å². The highest BCUT2D eigenvalue weighted by molar-refractivity contribution is 5.33. The van der Waals surface area contributed by atoms with E-state index in [0.717, 1.165) is 18.7 Å². The zero-order valence-corrected chi connectivity index (χ0v) is 9.24. The van der Waals surface area contributed by atoms with Gasteiger partial charge in [0.05, 0.1) is 0 Å². The molecule has 0 bridgehead atoms. The summed E-state index contributed by atoms with van der Waals surface area (Å²) < 4.78 is 1.82. The van der Waals surface area contributed by atoms with Gasteiger partial charge in [-0.15, -0.1) is 0 Å². The number of rotatable bonds is 5. The molecule has 1 atom stereocenters. The summed E-state index contributed by atoms with van der Waals surface area (Å²) in [5.74, 6) is 0.858. The second-order valence-corrected chi connectivity index (χ2v) is 3.54. The molecular formula is C11H15N5. The molecule has 2 aromatic rings. The van der Waals surface area contributed by atoms with Crippen LogP contribution in [0.5, 0.6) is 0 Å². The normalized spacial score (nSPS) is 12.3. The van der Waals surface area contributed by atoms with Crippen molar-refractivity contribution in [2.75, 3.05) is 5.32 Å². The lowest BCUT2D eigenvalue weighted by Crippen LogP contribution is -2.19. The molecule has 16 heavy (non-hydrogen) atoms. The van der Waals surface area contributed by atoms with Crippen LogP contribution in [0, 0.1) is 0 Å². The van der Waals surface area contributed by atoms with Crippen molar-refractivity contribution in [2.24, 2.45) is 0 Å². The fourth-order valence-corrected chi connectivity index (χ4v) is 1.54. The third kappa shape index (κ3) is 2.56. The van der Waals surface area contributed by atoms with E-state index in [9.17, 15) is 0 Å². The Morgan fingerprint density at radius 2 is 2.38 bits per heavy atom. The Balaban J connectivity index is 2.09. The van der Waals surface area contributed by atoms with Crippen molar-refractivity contribution in [2.45, 2.75) is 25.9 Å². The first-order chi connectivity index (χ1) is 7.90. The van der Waals surface area contributed by atoms with Crippen molar-refractivity contribution in [1.29, 1.82) is 0 Å². The van der Waals surface area contributed by atoms with Crippen molar-refractivity contribution in [1.82, 2.24) is 19.7 Å². The topological polar surface area (TPSA) is 55.6 Å². The Bertz CT molecular complexity index is 398. The van der Waals surface area contributed by atoms with Gasteiger partial charge in [0.1, 0.15) is 24.6 Å². The van der Waals surface area contributed by atoms with Crippen molar-refractivity contribution in [3.63, 3.8) is 0 Å². The second-order valence-electron chi connectivity index (χ2n) is 3.54. The highest BCUT2D eigenvalue weighted by Gasteiger charge is 2.10. The van der Waals surface area contributed by atoms with Crippen LogP contribution in [0.15, 0.2) is 37.1 Å². The molecule has 5 nitrogen and oxygen atoms in total. The standard InChI is InChI=1S/C11H15N5/c1-2-5-11(16-9-12-8-14-16)15-10-6-3-4-7-13-10/h3-4,6-9,11H,2,5H2,1H3,(H,13,15).